The van der Waals surface area contributed by atoms with Crippen LogP contribution in [0.15, 0.2) is 189 Å². The number of allylic oxidation sites excluding steroid dienone is 4. The van der Waals surface area contributed by atoms with Crippen LogP contribution in [-0.4, -0.2) is 0 Å². The van der Waals surface area contributed by atoms with Crippen LogP contribution in [0, 0.1) is 34.6 Å². The van der Waals surface area contributed by atoms with Crippen LogP contribution in [0.2, 0.25) is 0 Å². The van der Waals surface area contributed by atoms with Gasteiger partial charge in [0.25, 0.3) is 0 Å². The van der Waals surface area contributed by atoms with Crippen molar-refractivity contribution in [3.8, 4) is 22.3 Å². The highest BCUT2D eigenvalue weighted by atomic mass is 32.1. The molecule has 0 N–H and O–H groups in total. The maximum Gasteiger partial charge on any atom is 0.0358 e. The van der Waals surface area contributed by atoms with Gasteiger partial charge < -0.3 is 0 Å². The molecular weight excluding hydrogens is 741 g/mol. The average Bonchev–Trinajstić information content (AvgIpc) is 3.60. The lowest BCUT2D eigenvalue weighted by Gasteiger charge is -2.18. The highest BCUT2D eigenvalue weighted by Gasteiger charge is 2.16. The van der Waals surface area contributed by atoms with E-state index in [1.807, 2.05) is 79.8 Å². The highest BCUT2D eigenvalue weighted by molar-refractivity contribution is 7.25. The van der Waals surface area contributed by atoms with Crippen LogP contribution in [-0.2, 0) is 0 Å². The van der Waals surface area contributed by atoms with Crippen molar-refractivity contribution in [2.75, 3.05) is 0 Å². The lowest BCUT2D eigenvalue weighted by atomic mass is 9.86. The molecule has 0 bridgehead atoms. The number of aryl methyl sites for hydroxylation is 4. The molecular formula is C59H64S. The smallest absolute Gasteiger partial charge is 0.0358 e. The molecule has 0 spiro atoms. The Morgan fingerprint density at radius 3 is 1.55 bits per heavy atom. The van der Waals surface area contributed by atoms with Gasteiger partial charge in [-0.25, -0.2) is 0 Å². The Balaban J connectivity index is 0.000000209. The van der Waals surface area contributed by atoms with Gasteiger partial charge in [-0.2, -0.15) is 0 Å². The Bertz CT molecular complexity index is 2620. The minimum atomic E-state index is 1.09. The third-order valence-electron chi connectivity index (χ3n) is 10.0. The Morgan fingerprint density at radius 1 is 0.483 bits per heavy atom. The molecule has 0 atom stereocenters. The largest absolute Gasteiger partial charge is 0.135 e. The number of benzene rings is 7. The second-order valence-electron chi connectivity index (χ2n) is 15.6. The number of fused-ring (bicyclic) bond motifs is 3. The summed E-state index contributed by atoms with van der Waals surface area (Å²) in [4.78, 5) is 0. The molecule has 306 valence electrons. The third-order valence-corrected chi connectivity index (χ3v) is 11.1. The second kappa shape index (κ2) is 23.5. The van der Waals surface area contributed by atoms with Crippen molar-refractivity contribution in [1.29, 1.82) is 0 Å². The first-order valence-corrected chi connectivity index (χ1v) is 21.9. The van der Waals surface area contributed by atoms with Gasteiger partial charge in [-0.1, -0.05) is 202 Å². The van der Waals surface area contributed by atoms with Crippen LogP contribution in [0.3, 0.4) is 0 Å². The summed E-state index contributed by atoms with van der Waals surface area (Å²) in [7, 11) is 0. The van der Waals surface area contributed by atoms with Gasteiger partial charge in [-0.3, -0.25) is 0 Å². The van der Waals surface area contributed by atoms with Crippen LogP contribution in [0.1, 0.15) is 80.0 Å². The Morgan fingerprint density at radius 2 is 1.02 bits per heavy atom. The zero-order valence-corrected chi connectivity index (χ0v) is 38.5. The molecule has 1 aromatic heterocycles. The summed E-state index contributed by atoms with van der Waals surface area (Å²) >= 11 is 1.89. The fourth-order valence-electron chi connectivity index (χ4n) is 6.98. The Kier molecular flexibility index (Phi) is 18.3. The summed E-state index contributed by atoms with van der Waals surface area (Å²) in [6, 6.07) is 57.5. The predicted octanol–water partition coefficient (Wildman–Crippen LogP) is 18.4. The summed E-state index contributed by atoms with van der Waals surface area (Å²) in [5.41, 5.74) is 18.0. The van der Waals surface area contributed by atoms with Crippen LogP contribution in [0.25, 0.3) is 53.6 Å². The van der Waals surface area contributed by atoms with Gasteiger partial charge in [0.05, 0.1) is 0 Å². The Hall–Kier alpha value is -6.02. The van der Waals surface area contributed by atoms with Gasteiger partial charge in [0, 0.05) is 20.2 Å². The first-order chi connectivity index (χ1) is 28.9. The summed E-state index contributed by atoms with van der Waals surface area (Å²) < 4.78 is 2.73. The third kappa shape index (κ3) is 13.2. The van der Waals surface area contributed by atoms with Crippen molar-refractivity contribution in [3.63, 3.8) is 0 Å². The predicted molar refractivity (Wildman–Crippen MR) is 272 cm³/mol. The van der Waals surface area contributed by atoms with Crippen LogP contribution >= 0.6 is 11.3 Å². The minimum absolute atomic E-state index is 1.09. The molecule has 0 nitrogen and oxygen atoms in total. The van der Waals surface area contributed by atoms with E-state index in [-0.39, 0.29) is 0 Å². The SMILES string of the molecule is C=C(C)/C=C(\C)c1ccccc1.C=C(C)c1ccccc1.CCC.Cc1cc2sc3ccccc3c2cc1-c1ccc(C)c(-c2ccccc2C)c1C.Cc1ccccc1. The van der Waals surface area contributed by atoms with Gasteiger partial charge in [0.2, 0.25) is 0 Å². The first kappa shape index (κ1) is 46.7. The normalized spacial score (nSPS) is 10.5. The molecule has 7 aromatic carbocycles. The minimum Gasteiger partial charge on any atom is -0.135 e. The van der Waals surface area contributed by atoms with E-state index in [1.165, 1.54) is 93.4 Å². The van der Waals surface area contributed by atoms with Crippen molar-refractivity contribution in [3.05, 3.63) is 228 Å². The van der Waals surface area contributed by atoms with E-state index >= 15 is 0 Å². The van der Waals surface area contributed by atoms with Gasteiger partial charge >= 0.3 is 0 Å². The van der Waals surface area contributed by atoms with E-state index < -0.39 is 0 Å². The fraction of sp³-hybridized carbons (Fsp3) is 0.186. The number of thiophene rings is 1. The molecule has 1 heteroatoms. The lowest BCUT2D eigenvalue weighted by molar-refractivity contribution is 1.09. The molecule has 0 aliphatic carbocycles. The van der Waals surface area contributed by atoms with Crippen LogP contribution < -0.4 is 0 Å². The first-order valence-electron chi connectivity index (χ1n) is 21.1. The molecule has 1 heterocycles. The van der Waals surface area contributed by atoms with Gasteiger partial charge in [-0.15, -0.1) is 11.3 Å². The maximum atomic E-state index is 3.84. The van der Waals surface area contributed by atoms with E-state index in [1.54, 1.807) is 0 Å². The molecule has 8 aromatic rings. The van der Waals surface area contributed by atoms with Crippen molar-refractivity contribution in [1.82, 2.24) is 0 Å². The van der Waals surface area contributed by atoms with Gasteiger partial charge in [0.15, 0.2) is 0 Å². The molecule has 8 rings (SSSR count). The molecule has 60 heavy (non-hydrogen) atoms. The summed E-state index contributed by atoms with van der Waals surface area (Å²) in [5.74, 6) is 0. The monoisotopic (exact) mass is 804 g/mol. The number of hydrogen-bond acceptors (Lipinski definition) is 1. The molecule has 0 aliphatic heterocycles. The van der Waals surface area contributed by atoms with Crippen LogP contribution in [0.5, 0.6) is 0 Å². The van der Waals surface area contributed by atoms with Gasteiger partial charge in [0.1, 0.15) is 0 Å². The van der Waals surface area contributed by atoms with Crippen molar-refractivity contribution in [2.45, 2.75) is 75.7 Å². The van der Waals surface area contributed by atoms with E-state index in [4.69, 9.17) is 0 Å². The standard InChI is InChI=1S/C28H24S.C12H14.C9H10.C7H8.C3H8/c1-17-9-5-6-10-21(17)28-18(2)13-14-22(20(28)4)24-16-25-23-11-7-8-12-26(23)29-27(25)15-19(24)3;1-10(2)9-11(3)12-7-5-4-6-8-12;1-8(2)9-6-4-3-5-7-9;1-7-5-3-2-4-6-7;1-3-2/h5-16H,1-4H3;4-9H,1H2,2-3H3;3-7H,1H2,2H3;2-6H,1H3;3H2,1-2H3/b;11-9+;;;. The molecule has 0 aliphatic rings. The fourth-order valence-corrected chi connectivity index (χ4v) is 8.17. The summed E-state index contributed by atoms with van der Waals surface area (Å²) in [5, 5.41) is 2.72. The van der Waals surface area contributed by atoms with E-state index in [0.717, 1.165) is 11.1 Å². The molecule has 0 unspecified atom stereocenters. The van der Waals surface area contributed by atoms with E-state index in [2.05, 4.69) is 184 Å². The summed E-state index contributed by atoms with van der Waals surface area (Å²) in [6.07, 6.45) is 3.34. The lowest BCUT2D eigenvalue weighted by Crippen LogP contribution is -1.95. The molecule has 0 radical (unpaired) electrons. The van der Waals surface area contributed by atoms with Crippen molar-refractivity contribution in [2.24, 2.45) is 0 Å². The van der Waals surface area contributed by atoms with Crippen LogP contribution in [0.4, 0.5) is 0 Å². The second-order valence-corrected chi connectivity index (χ2v) is 16.6. The molecule has 0 saturated heterocycles. The topological polar surface area (TPSA) is 0 Å². The average molecular weight is 805 g/mol. The summed E-state index contributed by atoms with van der Waals surface area (Å²) in [6.45, 7) is 29.1. The molecule has 0 saturated carbocycles. The van der Waals surface area contributed by atoms with E-state index in [9.17, 15) is 0 Å². The maximum absolute atomic E-state index is 3.84. The Labute approximate surface area is 366 Å². The zero-order chi connectivity index (χ0) is 43.6. The quantitative estimate of drug-likeness (QED) is 0.152. The zero-order valence-electron chi connectivity index (χ0n) is 37.7. The van der Waals surface area contributed by atoms with Gasteiger partial charge in [-0.05, 0) is 135 Å². The molecule has 0 amide bonds. The molecule has 0 fully saturated rings. The number of rotatable bonds is 5. The highest BCUT2D eigenvalue weighted by Crippen LogP contribution is 2.41. The van der Waals surface area contributed by atoms with Crippen molar-refractivity contribution >= 4 is 42.7 Å². The number of hydrogen-bond donors (Lipinski definition) is 0. The van der Waals surface area contributed by atoms with Crippen molar-refractivity contribution < 1.29 is 0 Å². The van der Waals surface area contributed by atoms with E-state index in [0.29, 0.717) is 0 Å².